The number of hydrogen-bond donors (Lipinski definition) is 1. The van der Waals surface area contributed by atoms with Crippen LogP contribution in [-0.4, -0.2) is 15.9 Å². The quantitative estimate of drug-likeness (QED) is 0.737. The minimum absolute atomic E-state index is 0.495. The molecule has 1 amide bonds. The fraction of sp³-hybridized carbons (Fsp3) is 0. The van der Waals surface area contributed by atoms with Gasteiger partial charge in [0.15, 0.2) is 0 Å². The van der Waals surface area contributed by atoms with Crippen molar-refractivity contribution in [3.05, 3.63) is 42.2 Å². The number of rotatable bonds is 2. The predicted molar refractivity (Wildman–Crippen MR) is 57.8 cm³/mol. The Kier molecular flexibility index (Phi) is 2.41. The van der Waals surface area contributed by atoms with E-state index >= 15 is 0 Å². The molecule has 0 fully saturated rings. The molecule has 4 heteroatoms. The van der Waals surface area contributed by atoms with Crippen molar-refractivity contribution < 1.29 is 4.79 Å². The number of para-hydroxylation sites is 2. The smallest absolute Gasteiger partial charge is 0.241 e. The molecule has 0 atom stereocenters. The predicted octanol–water partition coefficient (Wildman–Crippen LogP) is 1.13. The Labute approximate surface area is 86.5 Å². The number of carbonyl (C=O) groups excluding carboxylic acids is 1. The number of amides is 1. The highest BCUT2D eigenvalue weighted by molar-refractivity contribution is 5.90. The van der Waals surface area contributed by atoms with Crippen LogP contribution in [0.25, 0.3) is 17.1 Å². The van der Waals surface area contributed by atoms with Gasteiger partial charge in [-0.25, -0.2) is 4.98 Å². The maximum atomic E-state index is 10.5. The molecule has 1 heterocycles. The molecule has 2 aromatic rings. The van der Waals surface area contributed by atoms with Crippen molar-refractivity contribution in [1.82, 2.24) is 9.97 Å². The monoisotopic (exact) mass is 199 g/mol. The molecular weight excluding hydrogens is 190 g/mol. The van der Waals surface area contributed by atoms with Crippen LogP contribution in [0.3, 0.4) is 0 Å². The van der Waals surface area contributed by atoms with Gasteiger partial charge in [0.2, 0.25) is 5.91 Å². The molecule has 0 saturated heterocycles. The third-order valence-corrected chi connectivity index (χ3v) is 1.89. The number of carbonyl (C=O) groups is 1. The molecule has 1 aromatic carbocycles. The molecule has 0 aliphatic heterocycles. The highest BCUT2D eigenvalue weighted by atomic mass is 16.1. The van der Waals surface area contributed by atoms with Crippen LogP contribution in [0.5, 0.6) is 0 Å². The zero-order valence-electron chi connectivity index (χ0n) is 7.92. The zero-order valence-corrected chi connectivity index (χ0v) is 7.92. The Morgan fingerprint density at radius 1 is 1.27 bits per heavy atom. The minimum Gasteiger partial charge on any atom is -0.366 e. The summed E-state index contributed by atoms with van der Waals surface area (Å²) in [5.41, 5.74) is 7.22. The molecule has 0 unspecified atom stereocenters. The molecule has 2 N–H and O–H groups in total. The number of hydrogen-bond acceptors (Lipinski definition) is 3. The van der Waals surface area contributed by atoms with Gasteiger partial charge in [-0.1, -0.05) is 12.1 Å². The molecule has 4 nitrogen and oxygen atoms in total. The topological polar surface area (TPSA) is 68.9 Å². The van der Waals surface area contributed by atoms with Gasteiger partial charge in [0.1, 0.15) is 0 Å². The van der Waals surface area contributed by atoms with E-state index in [1.165, 1.54) is 6.08 Å². The lowest BCUT2D eigenvalue weighted by Crippen LogP contribution is -2.05. The van der Waals surface area contributed by atoms with E-state index in [1.54, 1.807) is 12.3 Å². The number of aromatic nitrogens is 2. The van der Waals surface area contributed by atoms with Gasteiger partial charge < -0.3 is 5.73 Å². The first-order chi connectivity index (χ1) is 7.25. The van der Waals surface area contributed by atoms with E-state index < -0.39 is 5.91 Å². The van der Waals surface area contributed by atoms with Crippen molar-refractivity contribution in [1.29, 1.82) is 0 Å². The van der Waals surface area contributed by atoms with Crippen LogP contribution in [0.15, 0.2) is 36.5 Å². The number of primary amides is 1. The Balaban J connectivity index is 2.43. The zero-order chi connectivity index (χ0) is 10.7. The number of fused-ring (bicyclic) bond motifs is 1. The van der Waals surface area contributed by atoms with Crippen LogP contribution in [0.2, 0.25) is 0 Å². The van der Waals surface area contributed by atoms with E-state index in [2.05, 4.69) is 9.97 Å². The highest BCUT2D eigenvalue weighted by Crippen LogP contribution is 2.08. The molecule has 2 rings (SSSR count). The van der Waals surface area contributed by atoms with E-state index in [1.807, 2.05) is 24.3 Å². The first kappa shape index (κ1) is 9.33. The van der Waals surface area contributed by atoms with Gasteiger partial charge >= 0.3 is 0 Å². The summed E-state index contributed by atoms with van der Waals surface area (Å²) in [5, 5.41) is 0. The minimum atomic E-state index is -0.495. The van der Waals surface area contributed by atoms with E-state index in [0.717, 1.165) is 11.0 Å². The Bertz CT molecular complexity index is 534. The number of nitrogens with two attached hydrogens (primary N) is 1. The summed E-state index contributed by atoms with van der Waals surface area (Å²) in [6.07, 6.45) is 4.41. The molecule has 1 aromatic heterocycles. The van der Waals surface area contributed by atoms with Crippen molar-refractivity contribution in [3.8, 4) is 0 Å². The summed E-state index contributed by atoms with van der Waals surface area (Å²) in [6.45, 7) is 0. The summed E-state index contributed by atoms with van der Waals surface area (Å²) in [5.74, 6) is -0.495. The lowest BCUT2D eigenvalue weighted by atomic mass is 10.3. The van der Waals surface area contributed by atoms with Crippen LogP contribution in [0.1, 0.15) is 5.69 Å². The van der Waals surface area contributed by atoms with Crippen LogP contribution in [-0.2, 0) is 4.79 Å². The molecule has 74 valence electrons. The normalized spacial score (nSPS) is 10.9. The molecule has 15 heavy (non-hydrogen) atoms. The molecule has 0 radical (unpaired) electrons. The number of nitrogens with zero attached hydrogens (tertiary/aromatic N) is 2. The highest BCUT2D eigenvalue weighted by Gasteiger charge is 1.95. The van der Waals surface area contributed by atoms with E-state index in [4.69, 9.17) is 5.73 Å². The van der Waals surface area contributed by atoms with Crippen LogP contribution >= 0.6 is 0 Å². The Hall–Kier alpha value is -2.23. The average Bonchev–Trinajstić information content (AvgIpc) is 2.26. The maximum absolute atomic E-state index is 10.5. The second-order valence-electron chi connectivity index (χ2n) is 3.02. The molecule has 0 spiro atoms. The van der Waals surface area contributed by atoms with Gasteiger partial charge in [0, 0.05) is 6.08 Å². The van der Waals surface area contributed by atoms with Crippen LogP contribution < -0.4 is 5.73 Å². The largest absolute Gasteiger partial charge is 0.366 e. The van der Waals surface area contributed by atoms with Gasteiger partial charge in [0.05, 0.1) is 22.9 Å². The second kappa shape index (κ2) is 3.88. The maximum Gasteiger partial charge on any atom is 0.241 e. The summed E-state index contributed by atoms with van der Waals surface area (Å²) >= 11 is 0. The van der Waals surface area contributed by atoms with Crippen molar-refractivity contribution in [2.24, 2.45) is 5.73 Å². The van der Waals surface area contributed by atoms with Crippen molar-refractivity contribution in [3.63, 3.8) is 0 Å². The van der Waals surface area contributed by atoms with Gasteiger partial charge in [-0.15, -0.1) is 0 Å². The third-order valence-electron chi connectivity index (χ3n) is 1.89. The Morgan fingerprint density at radius 2 is 2.00 bits per heavy atom. The Morgan fingerprint density at radius 3 is 2.73 bits per heavy atom. The van der Waals surface area contributed by atoms with E-state index in [9.17, 15) is 4.79 Å². The molecule has 0 aliphatic rings. The van der Waals surface area contributed by atoms with Gasteiger partial charge in [0.25, 0.3) is 0 Å². The first-order valence-corrected chi connectivity index (χ1v) is 4.45. The summed E-state index contributed by atoms with van der Waals surface area (Å²) < 4.78 is 0. The third kappa shape index (κ3) is 2.17. The molecular formula is C11H9N3O. The van der Waals surface area contributed by atoms with Crippen molar-refractivity contribution in [2.75, 3.05) is 0 Å². The van der Waals surface area contributed by atoms with Crippen molar-refractivity contribution in [2.45, 2.75) is 0 Å². The van der Waals surface area contributed by atoms with E-state index in [-0.39, 0.29) is 0 Å². The average molecular weight is 199 g/mol. The van der Waals surface area contributed by atoms with E-state index in [0.29, 0.717) is 5.69 Å². The summed E-state index contributed by atoms with van der Waals surface area (Å²) in [4.78, 5) is 19.0. The van der Waals surface area contributed by atoms with Gasteiger partial charge in [-0.2, -0.15) is 0 Å². The van der Waals surface area contributed by atoms with Gasteiger partial charge in [-0.05, 0) is 18.2 Å². The lowest BCUT2D eigenvalue weighted by molar-refractivity contribution is -0.113. The number of benzene rings is 1. The molecule has 0 bridgehead atoms. The molecule has 0 aliphatic carbocycles. The lowest BCUT2D eigenvalue weighted by Gasteiger charge is -1.96. The fourth-order valence-corrected chi connectivity index (χ4v) is 1.22. The first-order valence-electron chi connectivity index (χ1n) is 4.45. The summed E-state index contributed by atoms with van der Waals surface area (Å²) in [7, 11) is 0. The SMILES string of the molecule is NC(=O)/C=C\c1cnc2ccccc2n1. The van der Waals surface area contributed by atoms with Crippen molar-refractivity contribution >= 4 is 23.0 Å². The van der Waals surface area contributed by atoms with Gasteiger partial charge in [-0.3, -0.25) is 9.78 Å². The van der Waals surface area contributed by atoms with Crippen LogP contribution in [0.4, 0.5) is 0 Å². The summed E-state index contributed by atoms with van der Waals surface area (Å²) in [6, 6.07) is 7.53. The molecule has 0 saturated carbocycles. The fourth-order valence-electron chi connectivity index (χ4n) is 1.22. The standard InChI is InChI=1S/C11H9N3O/c12-11(15)6-5-8-7-13-9-3-1-2-4-10(9)14-8/h1-7H,(H2,12,15)/b6-5-. The second-order valence-corrected chi connectivity index (χ2v) is 3.02. The van der Waals surface area contributed by atoms with Crippen LogP contribution in [0, 0.1) is 0 Å².